The monoisotopic (exact) mass is 504 g/mol. The van der Waals surface area contributed by atoms with E-state index < -0.39 is 32.0 Å². The molecule has 2 heterocycles. The minimum absolute atomic E-state index is 0.00877. The molecule has 13 heteroatoms. The summed E-state index contributed by atoms with van der Waals surface area (Å²) in [5.74, 6) is -0.149. The molecule has 4 rings (SSSR count). The van der Waals surface area contributed by atoms with E-state index in [2.05, 4.69) is 10.1 Å². The van der Waals surface area contributed by atoms with Crippen molar-refractivity contribution in [2.75, 3.05) is 4.90 Å². The van der Waals surface area contributed by atoms with Crippen LogP contribution >= 0.6 is 10.7 Å². The van der Waals surface area contributed by atoms with Gasteiger partial charge in [0, 0.05) is 22.1 Å². The van der Waals surface area contributed by atoms with Crippen molar-refractivity contribution in [1.82, 2.24) is 14.8 Å². The van der Waals surface area contributed by atoms with E-state index in [9.17, 15) is 26.9 Å². The maximum Gasteiger partial charge on any atom is 0.416 e. The van der Waals surface area contributed by atoms with Crippen LogP contribution in [0.2, 0.25) is 0 Å². The lowest BCUT2D eigenvalue weighted by atomic mass is 9.95. The third kappa shape index (κ3) is 3.98. The minimum atomic E-state index is -4.63. The number of hydrogen-bond donors (Lipinski definition) is 0. The van der Waals surface area contributed by atoms with Gasteiger partial charge in [0.15, 0.2) is 0 Å². The van der Waals surface area contributed by atoms with Gasteiger partial charge in [0.05, 0.1) is 28.8 Å². The largest absolute Gasteiger partial charge is 0.416 e. The molecule has 0 saturated carbocycles. The summed E-state index contributed by atoms with van der Waals surface area (Å²) in [6.45, 7) is 1.50. The Morgan fingerprint density at radius 2 is 1.76 bits per heavy atom. The highest BCUT2D eigenvalue weighted by molar-refractivity contribution is 8.13. The summed E-state index contributed by atoms with van der Waals surface area (Å²) in [5.41, 5.74) is 0.176. The van der Waals surface area contributed by atoms with Crippen LogP contribution in [-0.4, -0.2) is 23.2 Å². The van der Waals surface area contributed by atoms with Crippen molar-refractivity contribution >= 4 is 31.4 Å². The Morgan fingerprint density at radius 1 is 1.09 bits per heavy atom. The number of allylic oxidation sites excluding steroid dienone is 2. The molecule has 0 spiro atoms. The summed E-state index contributed by atoms with van der Waals surface area (Å²) in [6, 6.07) is 13.5. The Labute approximate surface area is 196 Å². The predicted octanol–water partition coefficient (Wildman–Crippen LogP) is 4.63. The van der Waals surface area contributed by atoms with Crippen LogP contribution in [0.4, 0.5) is 24.8 Å². The molecule has 2 aromatic carbocycles. The summed E-state index contributed by atoms with van der Waals surface area (Å²) in [6.07, 6.45) is -4.63. The van der Waals surface area contributed by atoms with Gasteiger partial charge in [-0.1, -0.05) is 18.2 Å². The molecular weight excluding hydrogens is 493 g/mol. The summed E-state index contributed by atoms with van der Waals surface area (Å²) < 4.78 is 65.1. The maximum absolute atomic E-state index is 13.3. The molecule has 8 nitrogen and oxygen atoms in total. The van der Waals surface area contributed by atoms with Gasteiger partial charge in [0.2, 0.25) is 5.95 Å². The summed E-state index contributed by atoms with van der Waals surface area (Å²) >= 11 is 0. The van der Waals surface area contributed by atoms with Crippen molar-refractivity contribution in [3.05, 3.63) is 76.5 Å². The molecule has 1 aromatic heterocycles. The Bertz CT molecular complexity index is 1520. The number of benzene rings is 2. The molecule has 1 atom stereocenters. The highest BCUT2D eigenvalue weighted by atomic mass is 35.7. The van der Waals surface area contributed by atoms with Crippen molar-refractivity contribution in [3.8, 4) is 12.1 Å². The average molecular weight is 505 g/mol. The van der Waals surface area contributed by atoms with Crippen LogP contribution < -0.4 is 4.90 Å². The topological polar surface area (TPSA) is 116 Å². The minimum Gasteiger partial charge on any atom is -0.282 e. The number of aromatic nitrogens is 3. The number of halogens is 4. The van der Waals surface area contributed by atoms with Gasteiger partial charge in [-0.25, -0.2) is 13.1 Å². The molecule has 172 valence electrons. The third-order valence-corrected chi connectivity index (χ3v) is 6.19. The van der Waals surface area contributed by atoms with E-state index in [1.165, 1.54) is 36.1 Å². The maximum atomic E-state index is 13.3. The van der Waals surface area contributed by atoms with Crippen LogP contribution in [0.1, 0.15) is 29.7 Å². The van der Waals surface area contributed by atoms with Crippen LogP contribution in [0.5, 0.6) is 0 Å². The van der Waals surface area contributed by atoms with E-state index in [4.69, 9.17) is 15.9 Å². The van der Waals surface area contributed by atoms with Gasteiger partial charge < -0.3 is 0 Å². The Balaban J connectivity index is 2.00. The van der Waals surface area contributed by atoms with Gasteiger partial charge in [-0.2, -0.15) is 28.7 Å². The van der Waals surface area contributed by atoms with Crippen LogP contribution in [0, 0.1) is 22.7 Å². The van der Waals surface area contributed by atoms with Gasteiger partial charge in [0.25, 0.3) is 14.2 Å². The van der Waals surface area contributed by atoms with E-state index >= 15 is 0 Å². The first-order valence-electron chi connectivity index (χ1n) is 9.45. The fraction of sp³-hybridized carbons (Fsp3) is 0.143. The fourth-order valence-electron chi connectivity index (χ4n) is 3.64. The summed E-state index contributed by atoms with van der Waals surface area (Å²) in [7, 11) is 1.04. The molecule has 0 N–H and O–H groups in total. The summed E-state index contributed by atoms with van der Waals surface area (Å²) in [4.78, 5) is 5.20. The van der Waals surface area contributed by atoms with Crippen molar-refractivity contribution in [2.24, 2.45) is 0 Å². The van der Waals surface area contributed by atoms with Crippen molar-refractivity contribution in [3.63, 3.8) is 0 Å². The highest BCUT2D eigenvalue weighted by Gasteiger charge is 2.38. The number of anilines is 2. The number of alkyl halides is 3. The van der Waals surface area contributed by atoms with Crippen molar-refractivity contribution in [2.45, 2.75) is 24.3 Å². The molecular formula is C21H12ClF3N6O2S. The van der Waals surface area contributed by atoms with Gasteiger partial charge in [-0.3, -0.25) is 4.90 Å². The number of nitriles is 2. The lowest BCUT2D eigenvalue weighted by molar-refractivity contribution is -0.137. The van der Waals surface area contributed by atoms with Crippen molar-refractivity contribution < 1.29 is 21.6 Å². The molecule has 34 heavy (non-hydrogen) atoms. The van der Waals surface area contributed by atoms with Gasteiger partial charge in [-0.05, 0) is 42.8 Å². The molecule has 3 aromatic rings. The SMILES string of the molecule is CC1=C(C#N)C(c2ccc(C#N)cc2)n2nc(S(=O)(=O)Cl)nc2N1c1cccc(C(F)(F)F)c1. The van der Waals surface area contributed by atoms with Crippen molar-refractivity contribution in [1.29, 1.82) is 10.5 Å². The van der Waals surface area contributed by atoms with E-state index in [1.54, 1.807) is 12.1 Å². The normalized spacial score (nSPS) is 16.1. The summed E-state index contributed by atoms with van der Waals surface area (Å²) in [5, 5.41) is 22.2. The Morgan fingerprint density at radius 3 is 2.32 bits per heavy atom. The quantitative estimate of drug-likeness (QED) is 0.477. The Hall–Kier alpha value is -3.87. The molecule has 0 fully saturated rings. The van der Waals surface area contributed by atoms with Crippen LogP contribution in [-0.2, 0) is 15.2 Å². The first-order chi connectivity index (χ1) is 16.0. The highest BCUT2D eigenvalue weighted by Crippen LogP contribution is 2.43. The van der Waals surface area contributed by atoms with E-state index in [0.717, 1.165) is 16.8 Å². The Kier molecular flexibility index (Phi) is 5.59. The fourth-order valence-corrected chi connectivity index (χ4v) is 4.21. The first-order valence-corrected chi connectivity index (χ1v) is 11.8. The molecule has 1 aliphatic heterocycles. The third-order valence-electron chi connectivity index (χ3n) is 5.16. The molecule has 1 unspecified atom stereocenters. The van der Waals surface area contributed by atoms with E-state index in [1.807, 2.05) is 12.1 Å². The second kappa shape index (κ2) is 8.17. The van der Waals surface area contributed by atoms with Crippen LogP contribution in [0.3, 0.4) is 0 Å². The number of fused-ring (bicyclic) bond motifs is 1. The van der Waals surface area contributed by atoms with Crippen LogP contribution in [0.25, 0.3) is 0 Å². The van der Waals surface area contributed by atoms with E-state index in [0.29, 0.717) is 11.1 Å². The smallest absolute Gasteiger partial charge is 0.282 e. The molecule has 1 aliphatic rings. The molecule has 0 aliphatic carbocycles. The zero-order valence-electron chi connectivity index (χ0n) is 17.1. The standard InChI is InChI=1S/C21H12ClF3N6O2S/c1-12-17(11-27)18(14-7-5-13(10-26)6-8-14)31-20(28-19(29-31)34(22,32)33)30(12)16-4-2-3-15(9-16)21(23,24)25/h2-9,18H,1H3. The lowest BCUT2D eigenvalue weighted by Crippen LogP contribution is -2.31. The average Bonchev–Trinajstić information content (AvgIpc) is 3.23. The van der Waals surface area contributed by atoms with Gasteiger partial charge in [-0.15, -0.1) is 5.10 Å². The van der Waals surface area contributed by atoms with Gasteiger partial charge in [0.1, 0.15) is 6.04 Å². The second-order valence-corrected chi connectivity index (χ2v) is 9.67. The zero-order chi connectivity index (χ0) is 24.8. The number of hydrogen-bond acceptors (Lipinski definition) is 7. The lowest BCUT2D eigenvalue weighted by Gasteiger charge is -2.34. The molecule has 0 bridgehead atoms. The van der Waals surface area contributed by atoms with E-state index in [-0.39, 0.29) is 22.9 Å². The number of rotatable bonds is 3. The number of nitrogens with zero attached hydrogens (tertiary/aromatic N) is 6. The molecule has 0 saturated heterocycles. The first kappa shape index (κ1) is 23.3. The van der Waals surface area contributed by atoms with Crippen LogP contribution in [0.15, 0.2) is 65.0 Å². The second-order valence-electron chi connectivity index (χ2n) is 7.21. The molecule has 0 radical (unpaired) electrons. The molecule has 0 amide bonds. The predicted molar refractivity (Wildman–Crippen MR) is 114 cm³/mol. The van der Waals surface area contributed by atoms with Gasteiger partial charge >= 0.3 is 6.18 Å². The zero-order valence-corrected chi connectivity index (χ0v) is 18.7.